The molecule has 0 saturated heterocycles. The molecule has 1 aromatic carbocycles. The van der Waals surface area contributed by atoms with Crippen LogP contribution in [0, 0.1) is 0 Å². The van der Waals surface area contributed by atoms with Crippen LogP contribution in [0.1, 0.15) is 51.8 Å². The van der Waals surface area contributed by atoms with Gasteiger partial charge in [-0.1, -0.05) is 26.7 Å². The normalized spacial score (nSPS) is 10.6. The summed E-state index contributed by atoms with van der Waals surface area (Å²) in [5.41, 5.74) is 4.86. The summed E-state index contributed by atoms with van der Waals surface area (Å²) in [5.74, 6) is 1.86. The molecule has 0 aliphatic rings. The third-order valence-electron chi connectivity index (χ3n) is 4.71. The van der Waals surface area contributed by atoms with Gasteiger partial charge >= 0.3 is 0 Å². The molecule has 0 spiro atoms. The molecule has 0 atom stereocenters. The summed E-state index contributed by atoms with van der Waals surface area (Å²) >= 11 is 11.8. The molecule has 8 heteroatoms. The third kappa shape index (κ3) is 8.03. The molecule has 1 heterocycles. The van der Waals surface area contributed by atoms with Gasteiger partial charge in [-0.2, -0.15) is 0 Å². The van der Waals surface area contributed by atoms with Crippen molar-refractivity contribution in [3.05, 3.63) is 24.0 Å². The number of aryl methyl sites for hydroxylation is 2. The van der Waals surface area contributed by atoms with Gasteiger partial charge in [0, 0.05) is 50.4 Å². The molecule has 164 valence electrons. The van der Waals surface area contributed by atoms with Gasteiger partial charge in [0.15, 0.2) is 0 Å². The van der Waals surface area contributed by atoms with E-state index >= 15 is 0 Å². The van der Waals surface area contributed by atoms with Crippen LogP contribution in [-0.4, -0.2) is 45.5 Å². The summed E-state index contributed by atoms with van der Waals surface area (Å²) in [6.07, 6.45) is 5.08. The number of carbonyl (C=O) groups excluding carboxylic acids is 1. The average Bonchev–Trinajstić information content (AvgIpc) is 3.06. The van der Waals surface area contributed by atoms with Crippen molar-refractivity contribution in [2.45, 2.75) is 52.4 Å². The van der Waals surface area contributed by atoms with E-state index in [1.165, 1.54) is 0 Å². The Kier molecular flexibility index (Phi) is 12.7. The zero-order valence-corrected chi connectivity index (χ0v) is 19.3. The highest BCUT2D eigenvalue weighted by atomic mass is 35.5. The van der Waals surface area contributed by atoms with Crippen LogP contribution in [0.2, 0.25) is 0 Å². The number of amides is 1. The second-order valence-corrected chi connectivity index (χ2v) is 7.33. The lowest BCUT2D eigenvalue weighted by Gasteiger charge is -2.22. The Morgan fingerprint density at radius 3 is 2.41 bits per heavy atom. The maximum absolute atomic E-state index is 11.0. The SMILES string of the molecule is CC.Cn1c(CCCCCCC(=O)NO)nc2cc(N(CCCl)CCCl)ccc21. The lowest BCUT2D eigenvalue weighted by Crippen LogP contribution is -2.27. The first kappa shape index (κ1) is 25.5. The monoisotopic (exact) mass is 444 g/mol. The largest absolute Gasteiger partial charge is 0.369 e. The highest BCUT2D eigenvalue weighted by molar-refractivity contribution is 6.18. The van der Waals surface area contributed by atoms with E-state index in [9.17, 15) is 4.79 Å². The van der Waals surface area contributed by atoms with Crippen molar-refractivity contribution in [3.63, 3.8) is 0 Å². The van der Waals surface area contributed by atoms with Gasteiger partial charge in [-0.05, 0) is 31.0 Å². The van der Waals surface area contributed by atoms with Gasteiger partial charge in [-0.3, -0.25) is 10.0 Å². The number of imidazole rings is 1. The number of nitrogens with zero attached hydrogens (tertiary/aromatic N) is 3. The van der Waals surface area contributed by atoms with Gasteiger partial charge in [0.2, 0.25) is 5.91 Å². The number of hydroxylamine groups is 1. The predicted molar refractivity (Wildman–Crippen MR) is 122 cm³/mol. The van der Waals surface area contributed by atoms with E-state index in [-0.39, 0.29) is 5.91 Å². The molecule has 29 heavy (non-hydrogen) atoms. The van der Waals surface area contributed by atoms with E-state index in [4.69, 9.17) is 33.4 Å². The van der Waals surface area contributed by atoms with Crippen LogP contribution in [0.3, 0.4) is 0 Å². The lowest BCUT2D eigenvalue weighted by atomic mass is 10.1. The Morgan fingerprint density at radius 1 is 1.14 bits per heavy atom. The summed E-state index contributed by atoms with van der Waals surface area (Å²) in [6.45, 7) is 5.52. The summed E-state index contributed by atoms with van der Waals surface area (Å²) in [4.78, 5) is 18.0. The molecule has 2 aromatic rings. The van der Waals surface area contributed by atoms with E-state index in [1.54, 1.807) is 5.48 Å². The summed E-state index contributed by atoms with van der Waals surface area (Å²) in [6, 6.07) is 6.30. The van der Waals surface area contributed by atoms with E-state index in [2.05, 4.69) is 27.7 Å². The first-order valence-electron chi connectivity index (χ1n) is 10.4. The van der Waals surface area contributed by atoms with Gasteiger partial charge in [-0.15, -0.1) is 23.2 Å². The zero-order valence-electron chi connectivity index (χ0n) is 17.8. The number of aromatic nitrogens is 2. The number of anilines is 1. The van der Waals surface area contributed by atoms with Gasteiger partial charge in [0.1, 0.15) is 5.82 Å². The van der Waals surface area contributed by atoms with E-state index in [0.717, 1.165) is 67.7 Å². The Balaban J connectivity index is 0.00000204. The molecule has 0 fully saturated rings. The van der Waals surface area contributed by atoms with Crippen LogP contribution < -0.4 is 10.4 Å². The van der Waals surface area contributed by atoms with Crippen molar-refractivity contribution in [2.24, 2.45) is 7.05 Å². The summed E-state index contributed by atoms with van der Waals surface area (Å²) in [7, 11) is 2.05. The fourth-order valence-electron chi connectivity index (χ4n) is 3.21. The highest BCUT2D eigenvalue weighted by Crippen LogP contribution is 2.23. The molecule has 0 saturated carbocycles. The van der Waals surface area contributed by atoms with Crippen LogP contribution in [0.5, 0.6) is 0 Å². The first-order chi connectivity index (χ1) is 14.1. The Labute approximate surface area is 184 Å². The van der Waals surface area contributed by atoms with Crippen molar-refractivity contribution in [3.8, 4) is 0 Å². The van der Waals surface area contributed by atoms with Crippen molar-refractivity contribution in [1.29, 1.82) is 0 Å². The number of hydrogen-bond donors (Lipinski definition) is 2. The number of benzene rings is 1. The molecule has 2 rings (SSSR count). The topological polar surface area (TPSA) is 70.4 Å². The van der Waals surface area contributed by atoms with E-state index in [0.29, 0.717) is 18.2 Å². The van der Waals surface area contributed by atoms with E-state index < -0.39 is 0 Å². The van der Waals surface area contributed by atoms with Gasteiger partial charge in [-0.25, -0.2) is 10.5 Å². The number of fused-ring (bicyclic) bond motifs is 1. The maximum Gasteiger partial charge on any atom is 0.243 e. The molecule has 2 N–H and O–H groups in total. The van der Waals surface area contributed by atoms with Crippen molar-refractivity contribution >= 4 is 45.8 Å². The third-order valence-corrected chi connectivity index (χ3v) is 5.05. The van der Waals surface area contributed by atoms with Crippen LogP contribution in [0.25, 0.3) is 11.0 Å². The van der Waals surface area contributed by atoms with Crippen molar-refractivity contribution in [2.75, 3.05) is 29.7 Å². The molecule has 0 unspecified atom stereocenters. The maximum atomic E-state index is 11.0. The number of rotatable bonds is 12. The van der Waals surface area contributed by atoms with Crippen LogP contribution in [0.15, 0.2) is 18.2 Å². The van der Waals surface area contributed by atoms with Gasteiger partial charge in [0.25, 0.3) is 0 Å². The van der Waals surface area contributed by atoms with Crippen LogP contribution in [0.4, 0.5) is 5.69 Å². The minimum absolute atomic E-state index is 0.321. The highest BCUT2D eigenvalue weighted by Gasteiger charge is 2.11. The summed E-state index contributed by atoms with van der Waals surface area (Å²) in [5, 5.41) is 8.47. The molecular weight excluding hydrogens is 411 g/mol. The number of halogens is 2. The Bertz CT molecular complexity index is 731. The fourth-order valence-corrected chi connectivity index (χ4v) is 3.62. The number of hydrogen-bond acceptors (Lipinski definition) is 4. The fraction of sp³-hybridized carbons (Fsp3) is 0.619. The van der Waals surface area contributed by atoms with Crippen molar-refractivity contribution < 1.29 is 10.0 Å². The molecular formula is C21H34Cl2N4O2. The Hall–Kier alpha value is -1.50. The average molecular weight is 445 g/mol. The quantitative estimate of drug-likeness (QED) is 0.211. The number of unbranched alkanes of at least 4 members (excludes halogenated alkanes) is 3. The molecule has 6 nitrogen and oxygen atoms in total. The minimum Gasteiger partial charge on any atom is -0.369 e. The molecule has 1 amide bonds. The molecule has 0 aliphatic carbocycles. The second-order valence-electron chi connectivity index (χ2n) is 6.57. The Morgan fingerprint density at radius 2 is 1.79 bits per heavy atom. The molecule has 1 aromatic heterocycles. The minimum atomic E-state index is -0.321. The van der Waals surface area contributed by atoms with Crippen molar-refractivity contribution in [1.82, 2.24) is 15.0 Å². The van der Waals surface area contributed by atoms with Crippen LogP contribution >= 0.6 is 23.2 Å². The molecule has 0 radical (unpaired) electrons. The standard InChI is InChI=1S/C19H28Cl2N4O2.C2H6/c1-24-17-9-8-15(25(12-10-20)13-11-21)14-16(17)22-18(24)6-4-2-3-5-7-19(26)23-27;1-2/h8-9,14,27H,2-7,10-13H2,1H3,(H,23,26);1-2H3. The van der Waals surface area contributed by atoms with E-state index in [1.807, 2.05) is 20.9 Å². The second kappa shape index (κ2) is 14.5. The smallest absolute Gasteiger partial charge is 0.243 e. The number of alkyl halides is 2. The van der Waals surface area contributed by atoms with Gasteiger partial charge in [0.05, 0.1) is 11.0 Å². The number of nitrogens with one attached hydrogen (secondary N) is 1. The number of carbonyl (C=O) groups is 1. The molecule has 0 aliphatic heterocycles. The predicted octanol–water partition coefficient (Wildman–Crippen LogP) is 4.88. The molecule has 0 bridgehead atoms. The van der Waals surface area contributed by atoms with Crippen LogP contribution in [-0.2, 0) is 18.3 Å². The zero-order chi connectivity index (χ0) is 21.6. The lowest BCUT2D eigenvalue weighted by molar-refractivity contribution is -0.129. The summed E-state index contributed by atoms with van der Waals surface area (Å²) < 4.78 is 2.14. The first-order valence-corrected chi connectivity index (χ1v) is 11.4. The van der Waals surface area contributed by atoms with Gasteiger partial charge < -0.3 is 9.47 Å².